The molecule has 0 N–H and O–H groups in total. The molecule has 3 rings (SSSR count). The lowest BCUT2D eigenvalue weighted by Crippen LogP contribution is -2.26. The monoisotopic (exact) mass is 270 g/mol. The van der Waals surface area contributed by atoms with Gasteiger partial charge in [-0.1, -0.05) is 43.2 Å². The van der Waals surface area contributed by atoms with Gasteiger partial charge in [0.2, 0.25) is 0 Å². The molecule has 1 aliphatic carbocycles. The predicted octanol–water partition coefficient (Wildman–Crippen LogP) is 3.22. The first-order valence-electron chi connectivity index (χ1n) is 7.09. The number of hydrogen-bond acceptors (Lipinski definition) is 3. The van der Waals surface area contributed by atoms with Gasteiger partial charge in [0, 0.05) is 12.4 Å². The van der Waals surface area contributed by atoms with E-state index in [0.29, 0.717) is 0 Å². The van der Waals surface area contributed by atoms with Gasteiger partial charge in [-0.3, -0.25) is 4.79 Å². The van der Waals surface area contributed by atoms with Crippen molar-refractivity contribution in [1.29, 1.82) is 0 Å². The molecule has 0 amide bonds. The van der Waals surface area contributed by atoms with Crippen molar-refractivity contribution < 1.29 is 9.53 Å². The van der Waals surface area contributed by atoms with Crippen LogP contribution in [0.15, 0.2) is 48.8 Å². The molecule has 0 radical (unpaired) electrons. The van der Waals surface area contributed by atoms with Gasteiger partial charge in [0.15, 0.2) is 6.10 Å². The SMILES string of the molecule is O=C([C@@H](OC1CCCC1)c1ccccc1)n1cccn1. The van der Waals surface area contributed by atoms with E-state index in [1.165, 1.54) is 17.5 Å². The van der Waals surface area contributed by atoms with Crippen molar-refractivity contribution in [3.8, 4) is 0 Å². The van der Waals surface area contributed by atoms with Gasteiger partial charge in [0.25, 0.3) is 5.91 Å². The van der Waals surface area contributed by atoms with Crippen LogP contribution in [0.3, 0.4) is 0 Å². The van der Waals surface area contributed by atoms with E-state index >= 15 is 0 Å². The number of nitrogens with zero attached hydrogens (tertiary/aromatic N) is 2. The molecule has 1 aromatic carbocycles. The van der Waals surface area contributed by atoms with Crippen LogP contribution in [0.2, 0.25) is 0 Å². The average molecular weight is 270 g/mol. The first-order valence-corrected chi connectivity index (χ1v) is 7.09. The highest BCUT2D eigenvalue weighted by atomic mass is 16.5. The summed E-state index contributed by atoms with van der Waals surface area (Å²) < 4.78 is 7.43. The third-order valence-electron chi connectivity index (χ3n) is 3.69. The van der Waals surface area contributed by atoms with Crippen LogP contribution in [0, 0.1) is 0 Å². The topological polar surface area (TPSA) is 44.1 Å². The van der Waals surface area contributed by atoms with Gasteiger partial charge in [-0.15, -0.1) is 0 Å². The molecule has 0 aliphatic heterocycles. The molecular formula is C16H18N2O2. The number of carbonyl (C=O) groups excluding carboxylic acids is 1. The van der Waals surface area contributed by atoms with Crippen LogP contribution in [-0.4, -0.2) is 21.8 Å². The van der Waals surface area contributed by atoms with Gasteiger partial charge in [-0.2, -0.15) is 5.10 Å². The highest BCUT2D eigenvalue weighted by Crippen LogP contribution is 2.28. The lowest BCUT2D eigenvalue weighted by Gasteiger charge is -2.21. The Morgan fingerprint density at radius 1 is 1.20 bits per heavy atom. The summed E-state index contributed by atoms with van der Waals surface area (Å²) >= 11 is 0. The van der Waals surface area contributed by atoms with E-state index in [0.717, 1.165) is 18.4 Å². The highest BCUT2D eigenvalue weighted by molar-refractivity contribution is 5.83. The van der Waals surface area contributed by atoms with Crippen molar-refractivity contribution in [2.24, 2.45) is 0 Å². The van der Waals surface area contributed by atoms with E-state index in [2.05, 4.69) is 5.10 Å². The summed E-state index contributed by atoms with van der Waals surface area (Å²) in [5.74, 6) is -0.131. The molecule has 1 aliphatic rings. The van der Waals surface area contributed by atoms with Crippen molar-refractivity contribution in [2.45, 2.75) is 37.9 Å². The zero-order valence-corrected chi connectivity index (χ0v) is 11.3. The largest absolute Gasteiger partial charge is 0.360 e. The lowest BCUT2D eigenvalue weighted by atomic mass is 10.1. The molecule has 20 heavy (non-hydrogen) atoms. The first kappa shape index (κ1) is 13.1. The molecule has 104 valence electrons. The van der Waals surface area contributed by atoms with Gasteiger partial charge in [0.1, 0.15) is 0 Å². The van der Waals surface area contributed by atoms with Crippen molar-refractivity contribution in [1.82, 2.24) is 9.78 Å². The van der Waals surface area contributed by atoms with E-state index < -0.39 is 6.10 Å². The fraction of sp³-hybridized carbons (Fsp3) is 0.375. The highest BCUT2D eigenvalue weighted by Gasteiger charge is 2.28. The number of aromatic nitrogens is 2. The minimum atomic E-state index is -0.570. The fourth-order valence-electron chi connectivity index (χ4n) is 2.64. The van der Waals surface area contributed by atoms with Gasteiger partial charge in [0.05, 0.1) is 6.10 Å². The van der Waals surface area contributed by atoms with Gasteiger partial charge < -0.3 is 4.74 Å². The number of rotatable bonds is 4. The Labute approximate surface area is 118 Å². The third kappa shape index (κ3) is 2.80. The second-order valence-corrected chi connectivity index (χ2v) is 5.12. The molecule has 1 atom stereocenters. The normalized spacial score (nSPS) is 17.2. The molecule has 1 heterocycles. The summed E-state index contributed by atoms with van der Waals surface area (Å²) in [4.78, 5) is 12.6. The summed E-state index contributed by atoms with van der Waals surface area (Å²) in [6.45, 7) is 0. The molecule has 0 saturated heterocycles. The van der Waals surface area contributed by atoms with Crippen LogP contribution in [0.4, 0.5) is 0 Å². The van der Waals surface area contributed by atoms with Crippen molar-refractivity contribution in [2.75, 3.05) is 0 Å². The lowest BCUT2D eigenvalue weighted by molar-refractivity contribution is -0.00733. The smallest absolute Gasteiger partial charge is 0.280 e. The molecule has 4 heteroatoms. The van der Waals surface area contributed by atoms with Crippen LogP contribution in [0.5, 0.6) is 0 Å². The van der Waals surface area contributed by atoms with Crippen LogP contribution in [-0.2, 0) is 4.74 Å². The number of carbonyl (C=O) groups is 1. The maximum absolute atomic E-state index is 12.6. The van der Waals surface area contributed by atoms with Crippen molar-refractivity contribution in [3.05, 3.63) is 54.4 Å². The molecule has 0 unspecified atom stereocenters. The fourth-order valence-corrected chi connectivity index (χ4v) is 2.64. The zero-order valence-electron chi connectivity index (χ0n) is 11.3. The molecule has 2 aromatic rings. The second-order valence-electron chi connectivity index (χ2n) is 5.12. The number of hydrogen-bond donors (Lipinski definition) is 0. The predicted molar refractivity (Wildman–Crippen MR) is 75.4 cm³/mol. The number of benzene rings is 1. The van der Waals surface area contributed by atoms with Crippen LogP contribution in [0.25, 0.3) is 0 Å². The van der Waals surface area contributed by atoms with E-state index in [1.54, 1.807) is 18.5 Å². The average Bonchev–Trinajstić information content (AvgIpc) is 3.18. The molecular weight excluding hydrogens is 252 g/mol. The van der Waals surface area contributed by atoms with Gasteiger partial charge in [-0.25, -0.2) is 4.68 Å². The Balaban J connectivity index is 1.84. The standard InChI is InChI=1S/C16H18N2O2/c19-16(18-12-6-11-17-18)15(13-7-2-1-3-8-13)20-14-9-4-5-10-14/h1-3,6-8,11-12,14-15H,4-5,9-10H2/t15-/m0/s1. The maximum atomic E-state index is 12.6. The first-order chi connectivity index (χ1) is 9.84. The minimum Gasteiger partial charge on any atom is -0.360 e. The van der Waals surface area contributed by atoms with Crippen LogP contribution < -0.4 is 0 Å². The Kier molecular flexibility index (Phi) is 3.92. The van der Waals surface area contributed by atoms with Gasteiger partial charge >= 0.3 is 0 Å². The molecule has 1 fully saturated rings. The Morgan fingerprint density at radius 2 is 1.95 bits per heavy atom. The zero-order chi connectivity index (χ0) is 13.8. The Morgan fingerprint density at radius 3 is 2.60 bits per heavy atom. The minimum absolute atomic E-state index is 0.131. The Bertz CT molecular complexity index is 545. The molecule has 4 nitrogen and oxygen atoms in total. The van der Waals surface area contributed by atoms with E-state index in [1.807, 2.05) is 30.3 Å². The van der Waals surface area contributed by atoms with Crippen molar-refractivity contribution >= 4 is 5.91 Å². The molecule has 0 bridgehead atoms. The number of ether oxygens (including phenoxy) is 1. The third-order valence-corrected chi connectivity index (χ3v) is 3.69. The summed E-state index contributed by atoms with van der Waals surface area (Å²) in [6.07, 6.45) is 7.32. The van der Waals surface area contributed by atoms with E-state index in [-0.39, 0.29) is 12.0 Å². The van der Waals surface area contributed by atoms with Crippen molar-refractivity contribution in [3.63, 3.8) is 0 Å². The van der Waals surface area contributed by atoms with Crippen LogP contribution >= 0.6 is 0 Å². The summed E-state index contributed by atoms with van der Waals surface area (Å²) in [6, 6.07) is 11.4. The summed E-state index contributed by atoms with van der Waals surface area (Å²) in [7, 11) is 0. The van der Waals surface area contributed by atoms with Crippen LogP contribution in [0.1, 0.15) is 42.1 Å². The molecule has 0 spiro atoms. The van der Waals surface area contributed by atoms with E-state index in [9.17, 15) is 4.79 Å². The second kappa shape index (κ2) is 6.01. The summed E-state index contributed by atoms with van der Waals surface area (Å²) in [5, 5.41) is 4.02. The Hall–Kier alpha value is -1.94. The maximum Gasteiger partial charge on any atom is 0.280 e. The molecule has 1 aromatic heterocycles. The summed E-state index contributed by atoms with van der Waals surface area (Å²) in [5.41, 5.74) is 0.889. The molecule has 1 saturated carbocycles. The quantitative estimate of drug-likeness (QED) is 0.856. The van der Waals surface area contributed by atoms with E-state index in [4.69, 9.17) is 4.74 Å². The van der Waals surface area contributed by atoms with Gasteiger partial charge in [-0.05, 0) is 24.5 Å².